The predicted octanol–water partition coefficient (Wildman–Crippen LogP) is 4.08. The Balaban J connectivity index is 2.28. The van der Waals surface area contributed by atoms with Crippen molar-refractivity contribution in [2.24, 2.45) is 17.1 Å². The molecule has 1 aromatic rings. The van der Waals surface area contributed by atoms with Gasteiger partial charge in [-0.05, 0) is 42.0 Å². The minimum absolute atomic E-state index is 0.344. The fourth-order valence-corrected chi connectivity index (χ4v) is 2.43. The molecule has 2 heteroatoms. The zero-order chi connectivity index (χ0) is 12.2. The van der Waals surface area contributed by atoms with Gasteiger partial charge >= 0.3 is 0 Å². The van der Waals surface area contributed by atoms with Crippen LogP contribution in [0, 0.1) is 11.3 Å². The van der Waals surface area contributed by atoms with E-state index in [1.54, 1.807) is 0 Å². The molecule has 0 saturated carbocycles. The minimum atomic E-state index is 0.344. The second-order valence-electron chi connectivity index (χ2n) is 5.88. The molecule has 2 atom stereocenters. The molecule has 0 radical (unpaired) electrons. The molecule has 0 saturated heterocycles. The largest absolute Gasteiger partial charge is 0.328 e. The van der Waals surface area contributed by atoms with Crippen molar-refractivity contribution in [3.63, 3.8) is 0 Å². The third kappa shape index (κ3) is 4.67. The van der Waals surface area contributed by atoms with Gasteiger partial charge in [0.1, 0.15) is 0 Å². The third-order valence-electron chi connectivity index (χ3n) is 3.48. The van der Waals surface area contributed by atoms with E-state index in [0.29, 0.717) is 17.4 Å². The van der Waals surface area contributed by atoms with Gasteiger partial charge in [0.25, 0.3) is 0 Å². The van der Waals surface area contributed by atoms with Crippen molar-refractivity contribution in [3.05, 3.63) is 22.4 Å². The van der Waals surface area contributed by atoms with Crippen LogP contribution in [-0.2, 0) is 6.42 Å². The second-order valence-corrected chi connectivity index (χ2v) is 6.91. The van der Waals surface area contributed by atoms with Crippen LogP contribution in [0.15, 0.2) is 17.5 Å². The summed E-state index contributed by atoms with van der Waals surface area (Å²) in [5, 5.41) is 2.14. The molecule has 1 nitrogen and oxygen atoms in total. The maximum Gasteiger partial charge on any atom is 0.00458 e. The zero-order valence-electron chi connectivity index (χ0n) is 11.0. The normalized spacial score (nSPS) is 16.1. The molecule has 1 rings (SSSR count). The van der Waals surface area contributed by atoms with Crippen LogP contribution in [-0.4, -0.2) is 6.04 Å². The van der Waals surface area contributed by atoms with Crippen molar-refractivity contribution in [2.75, 3.05) is 0 Å². The van der Waals surface area contributed by atoms with Crippen LogP contribution >= 0.6 is 11.3 Å². The molecular weight excluding hydrogens is 214 g/mol. The molecule has 0 aliphatic heterocycles. The van der Waals surface area contributed by atoms with E-state index in [0.717, 1.165) is 19.3 Å². The fraction of sp³-hybridized carbons (Fsp3) is 0.714. The van der Waals surface area contributed by atoms with Crippen LogP contribution in [0.3, 0.4) is 0 Å². The first-order valence-corrected chi connectivity index (χ1v) is 7.05. The Morgan fingerprint density at radius 3 is 2.56 bits per heavy atom. The van der Waals surface area contributed by atoms with Crippen LogP contribution in [0.5, 0.6) is 0 Å². The Morgan fingerprint density at radius 2 is 2.06 bits per heavy atom. The van der Waals surface area contributed by atoms with Crippen molar-refractivity contribution < 1.29 is 0 Å². The molecule has 0 fully saturated rings. The first-order chi connectivity index (χ1) is 7.39. The summed E-state index contributed by atoms with van der Waals surface area (Å²) in [5.74, 6) is 0.686. The van der Waals surface area contributed by atoms with Crippen LogP contribution < -0.4 is 5.73 Å². The topological polar surface area (TPSA) is 26.0 Å². The lowest BCUT2D eigenvalue weighted by atomic mass is 9.78. The van der Waals surface area contributed by atoms with Crippen molar-refractivity contribution in [2.45, 2.75) is 53.0 Å². The molecule has 2 unspecified atom stereocenters. The van der Waals surface area contributed by atoms with Gasteiger partial charge in [0, 0.05) is 10.9 Å². The highest BCUT2D eigenvalue weighted by atomic mass is 32.1. The number of nitrogens with two attached hydrogens (primary N) is 1. The molecule has 0 amide bonds. The van der Waals surface area contributed by atoms with Crippen molar-refractivity contribution in [3.8, 4) is 0 Å². The standard InChI is InChI=1S/C14H25NS/c1-11(14(2,3)4)10-12(15)7-8-13-6-5-9-16-13/h5-6,9,11-12H,7-8,10,15H2,1-4H3. The highest BCUT2D eigenvalue weighted by Crippen LogP contribution is 2.29. The Hall–Kier alpha value is -0.340. The summed E-state index contributed by atoms with van der Waals surface area (Å²) in [4.78, 5) is 1.46. The Kier molecular flexibility index (Phi) is 5.00. The second kappa shape index (κ2) is 5.83. The van der Waals surface area contributed by atoms with E-state index in [1.807, 2.05) is 11.3 Å². The van der Waals surface area contributed by atoms with Crippen LogP contribution in [0.2, 0.25) is 0 Å². The van der Waals surface area contributed by atoms with Gasteiger partial charge in [0.05, 0.1) is 0 Å². The molecule has 0 aliphatic rings. The van der Waals surface area contributed by atoms with Gasteiger partial charge in [-0.15, -0.1) is 11.3 Å². The number of rotatable bonds is 5. The summed E-state index contributed by atoms with van der Waals surface area (Å²) in [6.07, 6.45) is 3.38. The number of thiophene rings is 1. The Bertz CT molecular complexity index is 284. The maximum absolute atomic E-state index is 6.19. The molecular formula is C14H25NS. The Labute approximate surface area is 104 Å². The molecule has 92 valence electrons. The van der Waals surface area contributed by atoms with Gasteiger partial charge in [-0.25, -0.2) is 0 Å². The lowest BCUT2D eigenvalue weighted by molar-refractivity contribution is 0.230. The molecule has 0 spiro atoms. The number of aryl methyl sites for hydroxylation is 1. The fourth-order valence-electron chi connectivity index (χ4n) is 1.71. The highest BCUT2D eigenvalue weighted by molar-refractivity contribution is 7.09. The van der Waals surface area contributed by atoms with E-state index < -0.39 is 0 Å². The van der Waals surface area contributed by atoms with Gasteiger partial charge in [0.15, 0.2) is 0 Å². The summed E-state index contributed by atoms with van der Waals surface area (Å²) < 4.78 is 0. The van der Waals surface area contributed by atoms with Crippen LogP contribution in [0.25, 0.3) is 0 Å². The smallest absolute Gasteiger partial charge is 0.00458 e. The van der Waals surface area contributed by atoms with Crippen molar-refractivity contribution in [1.29, 1.82) is 0 Å². The zero-order valence-corrected chi connectivity index (χ0v) is 11.8. The predicted molar refractivity (Wildman–Crippen MR) is 73.9 cm³/mol. The van der Waals surface area contributed by atoms with E-state index in [1.165, 1.54) is 4.88 Å². The van der Waals surface area contributed by atoms with E-state index in [-0.39, 0.29) is 0 Å². The monoisotopic (exact) mass is 239 g/mol. The highest BCUT2D eigenvalue weighted by Gasteiger charge is 2.21. The molecule has 0 bridgehead atoms. The summed E-state index contributed by atoms with van der Waals surface area (Å²) in [7, 11) is 0. The van der Waals surface area contributed by atoms with Crippen molar-refractivity contribution >= 4 is 11.3 Å². The van der Waals surface area contributed by atoms with Crippen molar-refractivity contribution in [1.82, 2.24) is 0 Å². The van der Waals surface area contributed by atoms with E-state index in [2.05, 4.69) is 45.2 Å². The molecule has 1 aromatic heterocycles. The first-order valence-electron chi connectivity index (χ1n) is 6.17. The van der Waals surface area contributed by atoms with Crippen LogP contribution in [0.4, 0.5) is 0 Å². The molecule has 0 aliphatic carbocycles. The quantitative estimate of drug-likeness (QED) is 0.823. The molecule has 2 N–H and O–H groups in total. The summed E-state index contributed by atoms with van der Waals surface area (Å²) in [6.45, 7) is 9.20. The van der Waals surface area contributed by atoms with Gasteiger partial charge in [-0.2, -0.15) is 0 Å². The van der Waals surface area contributed by atoms with Gasteiger partial charge in [0.2, 0.25) is 0 Å². The van der Waals surface area contributed by atoms with E-state index in [4.69, 9.17) is 5.73 Å². The molecule has 1 heterocycles. The van der Waals surface area contributed by atoms with E-state index in [9.17, 15) is 0 Å². The SMILES string of the molecule is CC(CC(N)CCc1cccs1)C(C)(C)C. The van der Waals surface area contributed by atoms with Crippen LogP contribution in [0.1, 0.15) is 45.4 Å². The Morgan fingerprint density at radius 1 is 1.38 bits per heavy atom. The third-order valence-corrected chi connectivity index (χ3v) is 4.41. The number of hydrogen-bond donors (Lipinski definition) is 1. The average Bonchev–Trinajstić information content (AvgIpc) is 2.65. The van der Waals surface area contributed by atoms with Gasteiger partial charge < -0.3 is 5.73 Å². The summed E-state index contributed by atoms with van der Waals surface area (Å²) in [5.41, 5.74) is 6.57. The molecule has 16 heavy (non-hydrogen) atoms. The number of hydrogen-bond acceptors (Lipinski definition) is 2. The lowest BCUT2D eigenvalue weighted by Gasteiger charge is -2.29. The summed E-state index contributed by atoms with van der Waals surface area (Å²) >= 11 is 1.83. The van der Waals surface area contributed by atoms with E-state index >= 15 is 0 Å². The van der Waals surface area contributed by atoms with Gasteiger partial charge in [-0.1, -0.05) is 33.8 Å². The minimum Gasteiger partial charge on any atom is -0.328 e. The maximum atomic E-state index is 6.19. The van der Waals surface area contributed by atoms with Gasteiger partial charge in [-0.3, -0.25) is 0 Å². The first kappa shape index (κ1) is 13.7. The summed E-state index contributed by atoms with van der Waals surface area (Å²) in [6, 6.07) is 4.66. The average molecular weight is 239 g/mol. The lowest BCUT2D eigenvalue weighted by Crippen LogP contribution is -2.28. The molecule has 0 aromatic carbocycles.